The van der Waals surface area contributed by atoms with Crippen LogP contribution in [0.15, 0.2) is 22.7 Å². The summed E-state index contributed by atoms with van der Waals surface area (Å²) in [5.41, 5.74) is 7.54. The van der Waals surface area contributed by atoms with E-state index in [9.17, 15) is 0 Å². The molecule has 94 valence electrons. The van der Waals surface area contributed by atoms with E-state index < -0.39 is 0 Å². The van der Waals surface area contributed by atoms with Gasteiger partial charge in [-0.3, -0.25) is 0 Å². The highest BCUT2D eigenvalue weighted by Crippen LogP contribution is 2.21. The van der Waals surface area contributed by atoms with Gasteiger partial charge in [-0.2, -0.15) is 0 Å². The van der Waals surface area contributed by atoms with Crippen molar-refractivity contribution in [2.75, 3.05) is 32.0 Å². The average molecular weight is 316 g/mol. The van der Waals surface area contributed by atoms with Crippen molar-refractivity contribution in [3.8, 4) is 0 Å². The first-order valence-corrected chi connectivity index (χ1v) is 6.76. The molecule has 0 saturated carbocycles. The van der Waals surface area contributed by atoms with Crippen LogP contribution in [-0.4, -0.2) is 36.6 Å². The van der Waals surface area contributed by atoms with Gasteiger partial charge in [0.15, 0.2) is 0 Å². The van der Waals surface area contributed by atoms with Crippen molar-refractivity contribution >= 4 is 38.8 Å². The van der Waals surface area contributed by atoms with Gasteiger partial charge in [-0.1, -0.05) is 19.1 Å². The van der Waals surface area contributed by atoms with E-state index in [1.54, 1.807) is 0 Å². The molecule has 0 unspecified atom stereocenters. The van der Waals surface area contributed by atoms with E-state index >= 15 is 0 Å². The van der Waals surface area contributed by atoms with Gasteiger partial charge in [0.05, 0.1) is 0 Å². The molecule has 0 heterocycles. The second-order valence-electron chi connectivity index (χ2n) is 3.88. The molecule has 0 spiro atoms. The summed E-state index contributed by atoms with van der Waals surface area (Å²) < 4.78 is 0.929. The van der Waals surface area contributed by atoms with Crippen LogP contribution in [0, 0.1) is 0 Å². The van der Waals surface area contributed by atoms with Gasteiger partial charge in [-0.25, -0.2) is 0 Å². The third-order valence-corrected chi connectivity index (χ3v) is 3.47. The average Bonchev–Trinajstić information content (AvgIpc) is 2.28. The third kappa shape index (κ3) is 4.61. The lowest BCUT2D eigenvalue weighted by atomic mass is 10.2. The van der Waals surface area contributed by atoms with Crippen LogP contribution in [0.4, 0.5) is 5.69 Å². The largest absolute Gasteiger partial charge is 0.389 e. The molecule has 0 aliphatic rings. The maximum absolute atomic E-state index is 5.60. The molecule has 17 heavy (non-hydrogen) atoms. The Kier molecular flexibility index (Phi) is 5.88. The molecule has 5 heteroatoms. The Balaban J connectivity index is 2.56. The van der Waals surface area contributed by atoms with E-state index in [-0.39, 0.29) is 0 Å². The number of likely N-dealkylation sites (N-methyl/N-ethyl adjacent to an activating group) is 1. The molecule has 3 N–H and O–H groups in total. The molecule has 0 fully saturated rings. The molecule has 0 radical (unpaired) electrons. The summed E-state index contributed by atoms with van der Waals surface area (Å²) in [5.74, 6) is 0. The van der Waals surface area contributed by atoms with E-state index in [1.807, 2.05) is 18.2 Å². The van der Waals surface area contributed by atoms with Crippen molar-refractivity contribution in [1.82, 2.24) is 4.90 Å². The molecule has 0 atom stereocenters. The van der Waals surface area contributed by atoms with Crippen LogP contribution in [0.3, 0.4) is 0 Å². The highest BCUT2D eigenvalue weighted by Gasteiger charge is 2.03. The third-order valence-electron chi connectivity index (χ3n) is 2.60. The lowest BCUT2D eigenvalue weighted by Gasteiger charge is -2.15. The molecule has 0 amide bonds. The van der Waals surface area contributed by atoms with Gasteiger partial charge in [0.2, 0.25) is 0 Å². The van der Waals surface area contributed by atoms with E-state index in [0.29, 0.717) is 4.99 Å². The Morgan fingerprint density at radius 2 is 2.24 bits per heavy atom. The van der Waals surface area contributed by atoms with Crippen molar-refractivity contribution in [2.24, 2.45) is 5.73 Å². The number of hydrogen-bond donors (Lipinski definition) is 2. The normalized spacial score (nSPS) is 10.6. The fourth-order valence-electron chi connectivity index (χ4n) is 1.37. The first-order valence-electron chi connectivity index (χ1n) is 5.56. The number of halogens is 1. The number of nitrogens with one attached hydrogen (secondary N) is 1. The summed E-state index contributed by atoms with van der Waals surface area (Å²) in [5, 5.41) is 3.36. The van der Waals surface area contributed by atoms with Gasteiger partial charge in [-0.05, 0) is 47.7 Å². The zero-order chi connectivity index (χ0) is 12.8. The van der Waals surface area contributed by atoms with Gasteiger partial charge in [0.1, 0.15) is 4.99 Å². The summed E-state index contributed by atoms with van der Waals surface area (Å²) >= 11 is 8.42. The smallest absolute Gasteiger partial charge is 0.105 e. The first kappa shape index (κ1) is 14.4. The predicted molar refractivity (Wildman–Crippen MR) is 81.7 cm³/mol. The number of nitrogens with two attached hydrogens (primary N) is 1. The number of anilines is 1. The highest BCUT2D eigenvalue weighted by molar-refractivity contribution is 9.10. The summed E-state index contributed by atoms with van der Waals surface area (Å²) in [4.78, 5) is 2.67. The Morgan fingerprint density at radius 3 is 2.76 bits per heavy atom. The second-order valence-corrected chi connectivity index (χ2v) is 5.18. The maximum Gasteiger partial charge on any atom is 0.105 e. The molecular weight excluding hydrogens is 298 g/mol. The molecule has 0 aliphatic carbocycles. The van der Waals surface area contributed by atoms with Crippen molar-refractivity contribution in [2.45, 2.75) is 6.92 Å². The Morgan fingerprint density at radius 1 is 1.53 bits per heavy atom. The maximum atomic E-state index is 5.60. The monoisotopic (exact) mass is 315 g/mol. The summed E-state index contributed by atoms with van der Waals surface area (Å²) in [6.45, 7) is 5.15. The predicted octanol–water partition coefficient (Wildman–Crippen LogP) is 2.45. The highest BCUT2D eigenvalue weighted by atomic mass is 79.9. The Hall–Kier alpha value is -0.650. The van der Waals surface area contributed by atoms with Gasteiger partial charge < -0.3 is 16.0 Å². The molecule has 1 rings (SSSR count). The number of nitrogens with zero attached hydrogens (tertiary/aromatic N) is 1. The van der Waals surface area contributed by atoms with Crippen LogP contribution in [-0.2, 0) is 0 Å². The quantitative estimate of drug-likeness (QED) is 0.791. The molecule has 1 aromatic carbocycles. The lowest BCUT2D eigenvalue weighted by molar-refractivity contribution is 0.367. The minimum Gasteiger partial charge on any atom is -0.389 e. The van der Waals surface area contributed by atoms with E-state index in [0.717, 1.165) is 35.4 Å². The fraction of sp³-hybridized carbons (Fsp3) is 0.417. The van der Waals surface area contributed by atoms with Crippen LogP contribution in [0.1, 0.15) is 12.5 Å². The molecule has 1 aromatic rings. The van der Waals surface area contributed by atoms with Crippen LogP contribution in [0.25, 0.3) is 0 Å². The van der Waals surface area contributed by atoms with Crippen molar-refractivity contribution in [3.05, 3.63) is 28.2 Å². The summed E-state index contributed by atoms with van der Waals surface area (Å²) in [7, 11) is 2.10. The topological polar surface area (TPSA) is 41.3 Å². The molecule has 0 aliphatic heterocycles. The Bertz CT molecular complexity index is 395. The van der Waals surface area contributed by atoms with Crippen LogP contribution in [0.5, 0.6) is 0 Å². The number of rotatable bonds is 6. The lowest BCUT2D eigenvalue weighted by Crippen LogP contribution is -2.24. The standard InChI is InChI=1S/C12H18BrN3S/c1-3-16(2)7-6-15-9-4-5-10(12(14)17)11(13)8-9/h4-5,8,15H,3,6-7H2,1-2H3,(H2,14,17). The summed E-state index contributed by atoms with van der Waals surface area (Å²) in [6, 6.07) is 5.92. The van der Waals surface area contributed by atoms with Crippen molar-refractivity contribution < 1.29 is 0 Å². The van der Waals surface area contributed by atoms with Crippen LogP contribution < -0.4 is 11.1 Å². The van der Waals surface area contributed by atoms with E-state index in [2.05, 4.69) is 40.1 Å². The summed E-state index contributed by atoms with van der Waals surface area (Å²) in [6.07, 6.45) is 0. The SMILES string of the molecule is CCN(C)CCNc1ccc(C(N)=S)c(Br)c1. The first-order chi connectivity index (χ1) is 8.04. The van der Waals surface area contributed by atoms with Gasteiger partial charge in [-0.15, -0.1) is 0 Å². The number of benzene rings is 1. The van der Waals surface area contributed by atoms with Crippen molar-refractivity contribution in [1.29, 1.82) is 0 Å². The molecule has 0 aromatic heterocycles. The number of hydrogen-bond acceptors (Lipinski definition) is 3. The van der Waals surface area contributed by atoms with Crippen LogP contribution in [0.2, 0.25) is 0 Å². The number of thiocarbonyl (C=S) groups is 1. The van der Waals surface area contributed by atoms with Gasteiger partial charge in [0, 0.05) is 28.8 Å². The van der Waals surface area contributed by atoms with Crippen LogP contribution >= 0.6 is 28.1 Å². The molecule has 0 saturated heterocycles. The Labute approximate surface area is 116 Å². The molecular formula is C12H18BrN3S. The minimum absolute atomic E-state index is 0.411. The van der Waals surface area contributed by atoms with E-state index in [1.165, 1.54) is 0 Å². The van der Waals surface area contributed by atoms with E-state index in [4.69, 9.17) is 18.0 Å². The molecule has 0 bridgehead atoms. The zero-order valence-electron chi connectivity index (χ0n) is 10.2. The zero-order valence-corrected chi connectivity index (χ0v) is 12.6. The van der Waals surface area contributed by atoms with Crippen molar-refractivity contribution in [3.63, 3.8) is 0 Å². The van der Waals surface area contributed by atoms with Gasteiger partial charge in [0.25, 0.3) is 0 Å². The fourth-order valence-corrected chi connectivity index (χ4v) is 2.28. The minimum atomic E-state index is 0.411. The second kappa shape index (κ2) is 6.93. The van der Waals surface area contributed by atoms with Gasteiger partial charge >= 0.3 is 0 Å². The molecule has 3 nitrogen and oxygen atoms in total.